The summed E-state index contributed by atoms with van der Waals surface area (Å²) >= 11 is 1.31. The number of ether oxygens (including phenoxy) is 1. The first-order chi connectivity index (χ1) is 11.9. The molecule has 132 valence electrons. The lowest BCUT2D eigenvalue weighted by molar-refractivity contribution is -0.156. The standard InChI is InChI=1S/C19H23N3O2S/c1-10-13-8-12(19(13,3)4)9-14(10)24-18(23)15-11(2)22-17(25-15)16-20-6-5-7-21-16/h5-7,10,12-14H,8-9H2,1-4H3/t10-,12-,13+,14+/m1/s1. The van der Waals surface area contributed by atoms with Gasteiger partial charge >= 0.3 is 5.97 Å². The maximum atomic E-state index is 12.7. The van der Waals surface area contributed by atoms with Crippen LogP contribution in [0.3, 0.4) is 0 Å². The van der Waals surface area contributed by atoms with Crippen molar-refractivity contribution in [2.24, 2.45) is 23.2 Å². The quantitative estimate of drug-likeness (QED) is 0.773. The van der Waals surface area contributed by atoms with Gasteiger partial charge in [-0.05, 0) is 49.0 Å². The predicted molar refractivity (Wildman–Crippen MR) is 96.2 cm³/mol. The highest BCUT2D eigenvalue weighted by Gasteiger charge is 2.57. The van der Waals surface area contributed by atoms with Crippen molar-refractivity contribution >= 4 is 17.3 Å². The molecule has 2 heterocycles. The fourth-order valence-corrected chi connectivity index (χ4v) is 5.44. The molecule has 2 bridgehead atoms. The molecule has 0 N–H and O–H groups in total. The number of esters is 1. The van der Waals surface area contributed by atoms with Crippen LogP contribution in [0, 0.1) is 30.1 Å². The Morgan fingerprint density at radius 2 is 2.00 bits per heavy atom. The van der Waals surface area contributed by atoms with E-state index in [1.54, 1.807) is 18.5 Å². The average molecular weight is 357 g/mol. The zero-order valence-corrected chi connectivity index (χ0v) is 15.8. The van der Waals surface area contributed by atoms with Crippen molar-refractivity contribution in [2.45, 2.75) is 46.6 Å². The van der Waals surface area contributed by atoms with Crippen LogP contribution < -0.4 is 0 Å². The molecule has 25 heavy (non-hydrogen) atoms. The number of carbonyl (C=O) groups is 1. The number of hydrogen-bond acceptors (Lipinski definition) is 6. The Kier molecular flexibility index (Phi) is 3.90. The van der Waals surface area contributed by atoms with Gasteiger partial charge in [-0.15, -0.1) is 11.3 Å². The van der Waals surface area contributed by atoms with Crippen molar-refractivity contribution in [3.8, 4) is 10.8 Å². The molecule has 0 unspecified atom stereocenters. The Balaban J connectivity index is 1.50. The van der Waals surface area contributed by atoms with E-state index in [2.05, 4.69) is 35.7 Å². The van der Waals surface area contributed by atoms with Gasteiger partial charge in [0.15, 0.2) is 10.8 Å². The summed E-state index contributed by atoms with van der Waals surface area (Å²) < 4.78 is 5.90. The number of carbonyl (C=O) groups excluding carboxylic acids is 1. The van der Waals surface area contributed by atoms with Gasteiger partial charge in [0.25, 0.3) is 0 Å². The third kappa shape index (κ3) is 2.67. The molecule has 2 aromatic rings. The van der Waals surface area contributed by atoms with Crippen LogP contribution in [-0.2, 0) is 4.74 Å². The summed E-state index contributed by atoms with van der Waals surface area (Å²) in [7, 11) is 0. The summed E-state index contributed by atoms with van der Waals surface area (Å²) in [6.07, 6.45) is 5.62. The first-order valence-corrected chi connectivity index (χ1v) is 9.65. The van der Waals surface area contributed by atoms with E-state index in [0.717, 1.165) is 6.42 Å². The molecule has 0 aliphatic heterocycles. The summed E-state index contributed by atoms with van der Waals surface area (Å²) in [5.41, 5.74) is 1.08. The van der Waals surface area contributed by atoms with Gasteiger partial charge in [-0.25, -0.2) is 19.7 Å². The van der Waals surface area contributed by atoms with Crippen molar-refractivity contribution in [1.82, 2.24) is 15.0 Å². The van der Waals surface area contributed by atoms with E-state index in [1.807, 2.05) is 6.92 Å². The number of aromatic nitrogens is 3. The minimum absolute atomic E-state index is 0.0159. The van der Waals surface area contributed by atoms with Gasteiger partial charge < -0.3 is 4.74 Å². The highest BCUT2D eigenvalue weighted by atomic mass is 32.1. The molecule has 0 aromatic carbocycles. The van der Waals surface area contributed by atoms with Gasteiger partial charge in [0.1, 0.15) is 11.0 Å². The SMILES string of the molecule is Cc1nc(-c2ncccn2)sc1C(=O)O[C@H]1C[C@H]2C[C@@H]([C@H]1C)C2(C)C. The van der Waals surface area contributed by atoms with Crippen LogP contribution in [-0.4, -0.2) is 27.0 Å². The zero-order chi connectivity index (χ0) is 17.8. The van der Waals surface area contributed by atoms with Crippen LogP contribution in [0.25, 0.3) is 10.8 Å². The van der Waals surface area contributed by atoms with Gasteiger partial charge in [0.05, 0.1) is 5.69 Å². The maximum absolute atomic E-state index is 12.7. The highest BCUT2D eigenvalue weighted by Crippen LogP contribution is 2.61. The van der Waals surface area contributed by atoms with Crippen molar-refractivity contribution in [3.05, 3.63) is 29.0 Å². The summed E-state index contributed by atoms with van der Waals surface area (Å²) in [6.45, 7) is 8.76. The monoisotopic (exact) mass is 357 g/mol. The highest BCUT2D eigenvalue weighted by molar-refractivity contribution is 7.16. The molecule has 3 aliphatic rings. The van der Waals surface area contributed by atoms with E-state index >= 15 is 0 Å². The second-order valence-electron chi connectivity index (χ2n) is 7.91. The lowest BCUT2D eigenvalue weighted by Gasteiger charge is -2.61. The summed E-state index contributed by atoms with van der Waals surface area (Å²) in [6, 6.07) is 1.76. The summed E-state index contributed by atoms with van der Waals surface area (Å²) in [4.78, 5) is 26.1. The van der Waals surface area contributed by atoms with Gasteiger partial charge in [-0.2, -0.15) is 0 Å². The van der Waals surface area contributed by atoms with E-state index < -0.39 is 0 Å². The molecule has 2 aromatic heterocycles. The second kappa shape index (κ2) is 5.87. The number of aryl methyl sites for hydroxylation is 1. The topological polar surface area (TPSA) is 65.0 Å². The average Bonchev–Trinajstić information content (AvgIpc) is 2.99. The van der Waals surface area contributed by atoms with Crippen LogP contribution in [0.2, 0.25) is 0 Å². The van der Waals surface area contributed by atoms with Crippen molar-refractivity contribution in [3.63, 3.8) is 0 Å². The molecule has 0 radical (unpaired) electrons. The molecule has 0 saturated heterocycles. The number of nitrogens with zero attached hydrogens (tertiary/aromatic N) is 3. The van der Waals surface area contributed by atoms with Gasteiger partial charge in [0.2, 0.25) is 0 Å². The normalized spacial score (nSPS) is 29.8. The molecule has 0 spiro atoms. The fraction of sp³-hybridized carbons (Fsp3) is 0.579. The van der Waals surface area contributed by atoms with Gasteiger partial charge in [0, 0.05) is 12.4 Å². The molecule has 3 saturated carbocycles. The molecular weight excluding hydrogens is 334 g/mol. The molecule has 3 fully saturated rings. The number of hydrogen-bond donors (Lipinski definition) is 0. The van der Waals surface area contributed by atoms with Crippen molar-refractivity contribution in [1.29, 1.82) is 0 Å². The predicted octanol–water partition coefficient (Wildman–Crippen LogP) is 4.14. The summed E-state index contributed by atoms with van der Waals surface area (Å²) in [5.74, 6) is 2.02. The van der Waals surface area contributed by atoms with Crippen molar-refractivity contribution < 1.29 is 9.53 Å². The molecule has 0 amide bonds. The zero-order valence-electron chi connectivity index (χ0n) is 15.0. The Bertz CT molecular complexity index is 802. The lowest BCUT2D eigenvalue weighted by atomic mass is 9.45. The smallest absolute Gasteiger partial charge is 0.350 e. The molecular formula is C19H23N3O2S. The number of fused-ring (bicyclic) bond motifs is 2. The minimum Gasteiger partial charge on any atom is -0.458 e. The van der Waals surface area contributed by atoms with Gasteiger partial charge in [-0.1, -0.05) is 20.8 Å². The number of rotatable bonds is 3. The number of thiazole rings is 1. The molecule has 5 nitrogen and oxygen atoms in total. The molecule has 3 aliphatic carbocycles. The minimum atomic E-state index is -0.256. The Morgan fingerprint density at radius 3 is 2.64 bits per heavy atom. The van der Waals surface area contributed by atoms with Crippen LogP contribution in [0.4, 0.5) is 0 Å². The van der Waals surface area contributed by atoms with Crippen molar-refractivity contribution in [2.75, 3.05) is 0 Å². The van der Waals surface area contributed by atoms with Crippen LogP contribution in [0.15, 0.2) is 18.5 Å². The van der Waals surface area contributed by atoms with Crippen LogP contribution in [0.1, 0.15) is 49.0 Å². The molecule has 6 heteroatoms. The summed E-state index contributed by atoms with van der Waals surface area (Å²) in [5, 5.41) is 0.658. The third-order valence-corrected chi connectivity index (χ3v) is 7.42. The maximum Gasteiger partial charge on any atom is 0.350 e. The van der Waals surface area contributed by atoms with E-state index in [9.17, 15) is 4.79 Å². The van der Waals surface area contributed by atoms with E-state index in [4.69, 9.17) is 4.74 Å². The van der Waals surface area contributed by atoms with Crippen LogP contribution >= 0.6 is 11.3 Å². The third-order valence-electron chi connectivity index (χ3n) is 6.28. The molecule has 4 atom stereocenters. The Labute approximate surface area is 151 Å². The van der Waals surface area contributed by atoms with E-state index in [-0.39, 0.29) is 12.1 Å². The first kappa shape index (κ1) is 16.6. The largest absolute Gasteiger partial charge is 0.458 e. The van der Waals surface area contributed by atoms with E-state index in [1.165, 1.54) is 17.8 Å². The van der Waals surface area contributed by atoms with E-state index in [0.29, 0.717) is 44.6 Å². The Hall–Kier alpha value is -1.82. The Morgan fingerprint density at radius 1 is 1.28 bits per heavy atom. The second-order valence-corrected chi connectivity index (χ2v) is 8.90. The fourth-order valence-electron chi connectivity index (χ4n) is 4.54. The first-order valence-electron chi connectivity index (χ1n) is 8.83. The van der Waals surface area contributed by atoms with Crippen LogP contribution in [0.5, 0.6) is 0 Å². The molecule has 5 rings (SSSR count). The lowest BCUT2D eigenvalue weighted by Crippen LogP contribution is -2.57. The van der Waals surface area contributed by atoms with Gasteiger partial charge in [-0.3, -0.25) is 0 Å².